The maximum atomic E-state index is 4.15. The van der Waals surface area contributed by atoms with Gasteiger partial charge in [-0.2, -0.15) is 5.10 Å². The third kappa shape index (κ3) is 1.91. The summed E-state index contributed by atoms with van der Waals surface area (Å²) in [6.07, 6.45) is 7.41. The molecule has 0 saturated heterocycles. The van der Waals surface area contributed by atoms with Crippen LogP contribution < -0.4 is 5.32 Å². The van der Waals surface area contributed by atoms with Gasteiger partial charge in [-0.05, 0) is 25.7 Å². The van der Waals surface area contributed by atoms with E-state index in [0.717, 1.165) is 11.7 Å². The van der Waals surface area contributed by atoms with Crippen molar-refractivity contribution in [1.82, 2.24) is 9.78 Å². The van der Waals surface area contributed by atoms with E-state index in [-0.39, 0.29) is 0 Å². The van der Waals surface area contributed by atoms with Gasteiger partial charge < -0.3 is 5.32 Å². The number of nitrogens with one attached hydrogen (secondary N) is 1. The Hall–Kier alpha value is -0.990. The van der Waals surface area contributed by atoms with Crippen molar-refractivity contribution in [2.24, 2.45) is 13.0 Å². The molecule has 3 nitrogen and oxygen atoms in total. The van der Waals surface area contributed by atoms with Crippen LogP contribution in [0.15, 0.2) is 12.3 Å². The average Bonchev–Trinajstić information content (AvgIpc) is 2.77. The normalized spacial score (nSPS) is 19.9. The first-order valence-corrected chi connectivity index (χ1v) is 5.52. The third-order valence-electron chi connectivity index (χ3n) is 3.30. The highest BCUT2D eigenvalue weighted by atomic mass is 15.3. The summed E-state index contributed by atoms with van der Waals surface area (Å²) in [5.74, 6) is 1.98. The van der Waals surface area contributed by atoms with Gasteiger partial charge in [0.2, 0.25) is 0 Å². The van der Waals surface area contributed by atoms with Crippen molar-refractivity contribution in [3.8, 4) is 0 Å². The van der Waals surface area contributed by atoms with Crippen LogP contribution in [-0.4, -0.2) is 15.8 Å². The molecule has 0 amide bonds. The number of rotatable bonds is 3. The molecule has 0 radical (unpaired) electrons. The van der Waals surface area contributed by atoms with Crippen LogP contribution in [0, 0.1) is 5.92 Å². The first kappa shape index (κ1) is 9.56. The summed E-state index contributed by atoms with van der Waals surface area (Å²) in [7, 11) is 1.98. The van der Waals surface area contributed by atoms with Gasteiger partial charge in [0, 0.05) is 19.2 Å². The molecule has 0 aromatic carbocycles. The van der Waals surface area contributed by atoms with Gasteiger partial charge in [0.25, 0.3) is 0 Å². The molecule has 1 aliphatic rings. The van der Waals surface area contributed by atoms with Crippen LogP contribution >= 0.6 is 0 Å². The zero-order valence-electron chi connectivity index (χ0n) is 9.03. The van der Waals surface area contributed by atoms with E-state index in [0.29, 0.717) is 6.04 Å². The Kier molecular flexibility index (Phi) is 2.75. The lowest BCUT2D eigenvalue weighted by atomic mass is 10.00. The monoisotopic (exact) mass is 193 g/mol. The molecule has 1 unspecified atom stereocenters. The summed E-state index contributed by atoms with van der Waals surface area (Å²) in [4.78, 5) is 0. The van der Waals surface area contributed by atoms with Gasteiger partial charge in [0.15, 0.2) is 0 Å². The van der Waals surface area contributed by atoms with Gasteiger partial charge in [0.05, 0.1) is 6.20 Å². The van der Waals surface area contributed by atoms with E-state index < -0.39 is 0 Å². The van der Waals surface area contributed by atoms with Crippen LogP contribution in [0.25, 0.3) is 0 Å². The molecule has 78 valence electrons. The second-order valence-corrected chi connectivity index (χ2v) is 4.32. The van der Waals surface area contributed by atoms with Crippen molar-refractivity contribution in [1.29, 1.82) is 0 Å². The average molecular weight is 193 g/mol. The van der Waals surface area contributed by atoms with Gasteiger partial charge >= 0.3 is 0 Å². The van der Waals surface area contributed by atoms with E-state index in [1.54, 1.807) is 0 Å². The molecule has 3 heteroatoms. The highest BCUT2D eigenvalue weighted by molar-refractivity contribution is 5.34. The summed E-state index contributed by atoms with van der Waals surface area (Å²) in [6.45, 7) is 2.28. The van der Waals surface area contributed by atoms with Crippen molar-refractivity contribution in [3.63, 3.8) is 0 Å². The lowest BCUT2D eigenvalue weighted by Gasteiger charge is -2.21. The fourth-order valence-electron chi connectivity index (χ4n) is 2.32. The van der Waals surface area contributed by atoms with E-state index in [2.05, 4.69) is 17.3 Å². The number of aromatic nitrogens is 2. The summed E-state index contributed by atoms with van der Waals surface area (Å²) in [5, 5.41) is 7.68. The Balaban J connectivity index is 1.93. The fraction of sp³-hybridized carbons (Fsp3) is 0.727. The fourth-order valence-corrected chi connectivity index (χ4v) is 2.32. The molecule has 14 heavy (non-hydrogen) atoms. The molecule has 1 saturated carbocycles. The Morgan fingerprint density at radius 1 is 1.50 bits per heavy atom. The largest absolute Gasteiger partial charge is 0.368 e. The maximum absolute atomic E-state index is 4.15. The van der Waals surface area contributed by atoms with Gasteiger partial charge in [-0.15, -0.1) is 0 Å². The van der Waals surface area contributed by atoms with E-state index >= 15 is 0 Å². The zero-order valence-corrected chi connectivity index (χ0v) is 9.03. The minimum atomic E-state index is 0.577. The molecule has 1 fully saturated rings. The van der Waals surface area contributed by atoms with Crippen molar-refractivity contribution >= 4 is 5.82 Å². The van der Waals surface area contributed by atoms with Crippen LogP contribution in [0.4, 0.5) is 5.82 Å². The van der Waals surface area contributed by atoms with Crippen molar-refractivity contribution in [2.75, 3.05) is 5.32 Å². The number of hydrogen-bond donors (Lipinski definition) is 1. The minimum absolute atomic E-state index is 0.577. The first-order chi connectivity index (χ1) is 6.77. The van der Waals surface area contributed by atoms with Crippen molar-refractivity contribution in [3.05, 3.63) is 12.3 Å². The maximum Gasteiger partial charge on any atom is 0.124 e. The zero-order chi connectivity index (χ0) is 9.97. The van der Waals surface area contributed by atoms with Crippen LogP contribution in [0.5, 0.6) is 0 Å². The van der Waals surface area contributed by atoms with Crippen LogP contribution in [0.1, 0.15) is 32.6 Å². The highest BCUT2D eigenvalue weighted by Gasteiger charge is 2.21. The van der Waals surface area contributed by atoms with Crippen molar-refractivity contribution < 1.29 is 0 Å². The number of aryl methyl sites for hydroxylation is 1. The Labute approximate surface area is 85.5 Å². The molecule has 1 N–H and O–H groups in total. The lowest BCUT2D eigenvalue weighted by molar-refractivity contribution is 0.479. The molecule has 1 aromatic rings. The Morgan fingerprint density at radius 3 is 2.79 bits per heavy atom. The highest BCUT2D eigenvalue weighted by Crippen LogP contribution is 2.28. The second kappa shape index (κ2) is 4.03. The van der Waals surface area contributed by atoms with Gasteiger partial charge in [-0.25, -0.2) is 0 Å². The standard InChI is InChI=1S/C11H19N3/c1-9(10-5-3-4-6-10)13-11-7-8-12-14(11)2/h7-10,13H,3-6H2,1-2H3. The molecule has 1 aliphatic carbocycles. The summed E-state index contributed by atoms with van der Waals surface area (Å²) < 4.78 is 1.89. The van der Waals surface area contributed by atoms with Gasteiger partial charge in [0.1, 0.15) is 5.82 Å². The van der Waals surface area contributed by atoms with E-state index in [4.69, 9.17) is 0 Å². The molecule has 0 bridgehead atoms. The number of anilines is 1. The van der Waals surface area contributed by atoms with Gasteiger partial charge in [-0.1, -0.05) is 12.8 Å². The van der Waals surface area contributed by atoms with Crippen molar-refractivity contribution in [2.45, 2.75) is 38.6 Å². The quantitative estimate of drug-likeness (QED) is 0.799. The SMILES string of the molecule is CC(Nc1ccnn1C)C1CCCC1. The smallest absolute Gasteiger partial charge is 0.124 e. The molecular weight excluding hydrogens is 174 g/mol. The number of nitrogens with zero attached hydrogens (tertiary/aromatic N) is 2. The molecule has 1 atom stereocenters. The third-order valence-corrected chi connectivity index (χ3v) is 3.30. The second-order valence-electron chi connectivity index (χ2n) is 4.32. The summed E-state index contributed by atoms with van der Waals surface area (Å²) in [6, 6.07) is 2.61. The molecule has 0 aliphatic heterocycles. The topological polar surface area (TPSA) is 29.9 Å². The van der Waals surface area contributed by atoms with E-state index in [1.807, 2.05) is 24.0 Å². The van der Waals surface area contributed by atoms with E-state index in [1.165, 1.54) is 25.7 Å². The number of hydrogen-bond acceptors (Lipinski definition) is 2. The van der Waals surface area contributed by atoms with Gasteiger partial charge in [-0.3, -0.25) is 4.68 Å². The Bertz CT molecular complexity index is 286. The Morgan fingerprint density at radius 2 is 2.21 bits per heavy atom. The van der Waals surface area contributed by atoms with Crippen LogP contribution in [0.2, 0.25) is 0 Å². The predicted octanol–water partition coefficient (Wildman–Crippen LogP) is 2.41. The molecule has 0 spiro atoms. The molecule has 1 aromatic heterocycles. The molecule has 2 rings (SSSR count). The predicted molar refractivity (Wildman–Crippen MR) is 58.3 cm³/mol. The summed E-state index contributed by atoms with van der Waals surface area (Å²) >= 11 is 0. The van der Waals surface area contributed by atoms with E-state index in [9.17, 15) is 0 Å². The molecular formula is C11H19N3. The minimum Gasteiger partial charge on any atom is -0.368 e. The molecule has 1 heterocycles. The van der Waals surface area contributed by atoms with Crippen LogP contribution in [0.3, 0.4) is 0 Å². The lowest BCUT2D eigenvalue weighted by Crippen LogP contribution is -2.24. The first-order valence-electron chi connectivity index (χ1n) is 5.52. The summed E-state index contributed by atoms with van der Waals surface area (Å²) in [5.41, 5.74) is 0. The van der Waals surface area contributed by atoms with Crippen LogP contribution in [-0.2, 0) is 7.05 Å².